The molecule has 1 aliphatic heterocycles. The van der Waals surface area contributed by atoms with Crippen molar-refractivity contribution < 1.29 is 13.2 Å². The van der Waals surface area contributed by atoms with Crippen LogP contribution < -0.4 is 5.32 Å². The van der Waals surface area contributed by atoms with Gasteiger partial charge in [-0.25, -0.2) is 0 Å². The predicted molar refractivity (Wildman–Crippen MR) is 111 cm³/mol. The van der Waals surface area contributed by atoms with Crippen LogP contribution in [0.4, 0.5) is 13.2 Å². The fourth-order valence-electron chi connectivity index (χ4n) is 4.65. The van der Waals surface area contributed by atoms with E-state index >= 15 is 0 Å². The smallest absolute Gasteiger partial charge is 0.305 e. The highest BCUT2D eigenvalue weighted by Crippen LogP contribution is 2.37. The van der Waals surface area contributed by atoms with Crippen molar-refractivity contribution in [2.75, 3.05) is 19.6 Å². The lowest BCUT2D eigenvalue weighted by Crippen LogP contribution is -2.56. The summed E-state index contributed by atoms with van der Waals surface area (Å²) in [6, 6.07) is 11.7. The highest BCUT2D eigenvalue weighted by molar-refractivity contribution is 5.53. The van der Waals surface area contributed by atoms with Crippen molar-refractivity contribution in [3.63, 3.8) is 0 Å². The van der Waals surface area contributed by atoms with E-state index in [-0.39, 0.29) is 23.3 Å². The maximum absolute atomic E-state index is 14.1. The van der Waals surface area contributed by atoms with Crippen molar-refractivity contribution in [2.24, 2.45) is 5.92 Å². The molecule has 31 heavy (non-hydrogen) atoms. The molecule has 3 heterocycles. The van der Waals surface area contributed by atoms with E-state index in [0.717, 1.165) is 18.4 Å². The fraction of sp³-hybridized carbons (Fsp3) is 0.478. The molecule has 8 heteroatoms. The summed E-state index contributed by atoms with van der Waals surface area (Å²) in [6.07, 6.45) is 0.129. The van der Waals surface area contributed by atoms with Gasteiger partial charge in [0.2, 0.25) is 0 Å². The number of alkyl halides is 3. The van der Waals surface area contributed by atoms with Gasteiger partial charge in [0.25, 0.3) is 0 Å². The SMILES string of the molecule is C[C@@]1(c2ccccc2)CN(Cc2ccn3c(CC4CC4)nnc3c2C(F)(F)F)CCN1. The molecule has 0 amide bonds. The first-order valence-corrected chi connectivity index (χ1v) is 10.8. The van der Waals surface area contributed by atoms with Gasteiger partial charge in [-0.3, -0.25) is 9.30 Å². The second-order valence-electron chi connectivity index (χ2n) is 9.01. The summed E-state index contributed by atoms with van der Waals surface area (Å²) in [4.78, 5) is 2.09. The molecule has 1 atom stereocenters. The Bertz CT molecular complexity index is 1070. The first-order chi connectivity index (χ1) is 14.8. The maximum atomic E-state index is 14.1. The Hall–Kier alpha value is -2.45. The number of hydrogen-bond acceptors (Lipinski definition) is 4. The predicted octanol–water partition coefficient (Wildman–Crippen LogP) is 4.02. The van der Waals surface area contributed by atoms with Gasteiger partial charge in [0.15, 0.2) is 5.65 Å². The molecule has 5 nitrogen and oxygen atoms in total. The number of aromatic nitrogens is 3. The standard InChI is InChI=1S/C23H26F3N5/c1-22(18-5-3-2-4-6-18)15-30(12-10-27-22)14-17-9-11-31-19(13-16-7-8-16)28-29-21(31)20(17)23(24,25)26/h2-6,9,11,16,27H,7-8,10,12-15H2,1H3/t22-/m0/s1. The lowest BCUT2D eigenvalue weighted by molar-refractivity contribution is -0.137. The second kappa shape index (κ2) is 7.60. The van der Waals surface area contributed by atoms with Gasteiger partial charge in [-0.15, -0.1) is 10.2 Å². The Kier molecular flexibility index (Phi) is 5.01. The van der Waals surface area contributed by atoms with Crippen LogP contribution in [0.15, 0.2) is 42.6 Å². The minimum absolute atomic E-state index is 0.0818. The lowest BCUT2D eigenvalue weighted by atomic mass is 9.89. The second-order valence-corrected chi connectivity index (χ2v) is 9.01. The lowest BCUT2D eigenvalue weighted by Gasteiger charge is -2.42. The first kappa shape index (κ1) is 20.5. The third kappa shape index (κ3) is 4.06. The van der Waals surface area contributed by atoms with Crippen molar-refractivity contribution in [3.05, 3.63) is 65.1 Å². The molecule has 1 saturated carbocycles. The molecule has 1 saturated heterocycles. The van der Waals surface area contributed by atoms with E-state index in [4.69, 9.17) is 0 Å². The molecule has 1 N–H and O–H groups in total. The van der Waals surface area contributed by atoms with Gasteiger partial charge in [-0.1, -0.05) is 30.3 Å². The average molecular weight is 429 g/mol. The zero-order chi connectivity index (χ0) is 21.6. The van der Waals surface area contributed by atoms with E-state index in [2.05, 4.69) is 39.5 Å². The molecule has 164 valence electrons. The Morgan fingerprint density at radius 3 is 2.61 bits per heavy atom. The zero-order valence-electron chi connectivity index (χ0n) is 17.5. The molecule has 0 radical (unpaired) electrons. The summed E-state index contributed by atoms with van der Waals surface area (Å²) >= 11 is 0. The zero-order valence-corrected chi connectivity index (χ0v) is 17.5. The summed E-state index contributed by atoms with van der Waals surface area (Å²) < 4.78 is 43.9. The largest absolute Gasteiger partial charge is 0.420 e. The van der Waals surface area contributed by atoms with E-state index in [1.54, 1.807) is 12.3 Å². The summed E-state index contributed by atoms with van der Waals surface area (Å²) in [5.41, 5.74) is 0.330. The summed E-state index contributed by atoms with van der Waals surface area (Å²) in [5, 5.41) is 11.6. The van der Waals surface area contributed by atoms with Gasteiger partial charge in [-0.2, -0.15) is 13.2 Å². The number of pyridine rings is 1. The number of fused-ring (bicyclic) bond motifs is 1. The number of piperazine rings is 1. The van der Waals surface area contributed by atoms with Gasteiger partial charge >= 0.3 is 6.18 Å². The van der Waals surface area contributed by atoms with Crippen molar-refractivity contribution in [1.82, 2.24) is 24.8 Å². The quantitative estimate of drug-likeness (QED) is 0.666. The fourth-order valence-corrected chi connectivity index (χ4v) is 4.65. The number of rotatable bonds is 5. The maximum Gasteiger partial charge on any atom is 0.420 e. The highest BCUT2D eigenvalue weighted by atomic mass is 19.4. The molecule has 2 fully saturated rings. The number of benzene rings is 1. The number of hydrogen-bond donors (Lipinski definition) is 1. The molecule has 1 aliphatic carbocycles. The Morgan fingerprint density at radius 1 is 1.13 bits per heavy atom. The van der Waals surface area contributed by atoms with Crippen LogP contribution in [0.5, 0.6) is 0 Å². The van der Waals surface area contributed by atoms with Crippen molar-refractivity contribution in [2.45, 2.75) is 44.4 Å². The van der Waals surface area contributed by atoms with E-state index in [1.165, 1.54) is 4.40 Å². The summed E-state index contributed by atoms with van der Waals surface area (Å²) in [6.45, 7) is 4.35. The molecular formula is C23H26F3N5. The van der Waals surface area contributed by atoms with Crippen LogP contribution in [-0.4, -0.2) is 39.1 Å². The van der Waals surface area contributed by atoms with Gasteiger partial charge in [0.05, 0.1) is 5.54 Å². The molecule has 2 aromatic heterocycles. The van der Waals surface area contributed by atoms with Crippen LogP contribution in [0.3, 0.4) is 0 Å². The van der Waals surface area contributed by atoms with E-state index in [1.807, 2.05) is 18.2 Å². The minimum Gasteiger partial charge on any atom is -0.305 e. The van der Waals surface area contributed by atoms with Crippen LogP contribution in [0.2, 0.25) is 0 Å². The molecule has 1 aromatic carbocycles. The van der Waals surface area contributed by atoms with E-state index in [9.17, 15) is 13.2 Å². The monoisotopic (exact) mass is 429 g/mol. The Balaban J connectivity index is 1.45. The first-order valence-electron chi connectivity index (χ1n) is 10.8. The van der Waals surface area contributed by atoms with Crippen LogP contribution in [0.25, 0.3) is 5.65 Å². The topological polar surface area (TPSA) is 45.5 Å². The molecule has 3 aromatic rings. The average Bonchev–Trinajstić information content (AvgIpc) is 3.46. The third-order valence-electron chi connectivity index (χ3n) is 6.48. The molecule has 5 rings (SSSR count). The molecule has 0 bridgehead atoms. The third-order valence-corrected chi connectivity index (χ3v) is 6.48. The van der Waals surface area contributed by atoms with Crippen molar-refractivity contribution in [1.29, 1.82) is 0 Å². The van der Waals surface area contributed by atoms with Gasteiger partial charge in [0.1, 0.15) is 11.4 Å². The number of nitrogens with one attached hydrogen (secondary N) is 1. The van der Waals surface area contributed by atoms with Gasteiger partial charge in [0, 0.05) is 38.8 Å². The van der Waals surface area contributed by atoms with Crippen molar-refractivity contribution >= 4 is 5.65 Å². The van der Waals surface area contributed by atoms with E-state index in [0.29, 0.717) is 37.8 Å². The summed E-state index contributed by atoms with van der Waals surface area (Å²) in [5.74, 6) is 1.14. The van der Waals surface area contributed by atoms with Gasteiger partial charge in [-0.05, 0) is 42.9 Å². The Morgan fingerprint density at radius 2 is 1.90 bits per heavy atom. The summed E-state index contributed by atoms with van der Waals surface area (Å²) in [7, 11) is 0. The number of halogens is 3. The molecule has 0 unspecified atom stereocenters. The normalized spacial score (nSPS) is 22.8. The van der Waals surface area contributed by atoms with Crippen LogP contribution >= 0.6 is 0 Å². The van der Waals surface area contributed by atoms with Crippen LogP contribution in [0, 0.1) is 5.92 Å². The Labute approximate surface area is 179 Å². The van der Waals surface area contributed by atoms with Crippen LogP contribution in [0.1, 0.15) is 42.3 Å². The molecule has 2 aliphatic rings. The highest BCUT2D eigenvalue weighted by Gasteiger charge is 2.39. The molecule has 0 spiro atoms. The van der Waals surface area contributed by atoms with E-state index < -0.39 is 11.7 Å². The number of nitrogens with zero attached hydrogens (tertiary/aromatic N) is 4. The van der Waals surface area contributed by atoms with Crippen molar-refractivity contribution in [3.8, 4) is 0 Å². The van der Waals surface area contributed by atoms with Gasteiger partial charge < -0.3 is 5.32 Å². The minimum atomic E-state index is -4.49. The van der Waals surface area contributed by atoms with Crippen LogP contribution in [-0.2, 0) is 24.7 Å². The molecular weight excluding hydrogens is 403 g/mol.